The number of ether oxygens (including phenoxy) is 2. The van der Waals surface area contributed by atoms with Crippen molar-refractivity contribution in [3.63, 3.8) is 0 Å². The first-order chi connectivity index (χ1) is 12.2. The summed E-state index contributed by atoms with van der Waals surface area (Å²) in [5.74, 6) is 1.62. The van der Waals surface area contributed by atoms with Crippen molar-refractivity contribution in [3.8, 4) is 5.75 Å². The maximum Gasteiger partial charge on any atom is 0.245 e. The highest BCUT2D eigenvalue weighted by Crippen LogP contribution is 2.27. The normalized spacial score (nSPS) is 16.8. The van der Waals surface area contributed by atoms with Crippen LogP contribution in [0.25, 0.3) is 0 Å². The van der Waals surface area contributed by atoms with E-state index in [1.165, 1.54) is 5.56 Å². The Kier molecular flexibility index (Phi) is 5.50. The number of methoxy groups -OCH3 is 2. The Labute approximate surface area is 147 Å². The number of nitrogens with zero attached hydrogens (tertiary/aromatic N) is 5. The fraction of sp³-hybridized carbons (Fsp3) is 0.588. The van der Waals surface area contributed by atoms with E-state index in [9.17, 15) is 5.11 Å². The largest absolute Gasteiger partial charge is 0.497 e. The lowest BCUT2D eigenvalue weighted by atomic mass is 9.92. The molecule has 1 N–H and O–H groups in total. The molecule has 1 aliphatic rings. The van der Waals surface area contributed by atoms with E-state index in [2.05, 4.69) is 26.5 Å². The van der Waals surface area contributed by atoms with Crippen molar-refractivity contribution < 1.29 is 14.6 Å². The van der Waals surface area contributed by atoms with E-state index < -0.39 is 5.60 Å². The highest BCUT2D eigenvalue weighted by Gasteiger charge is 2.35. The molecule has 0 amide bonds. The lowest BCUT2D eigenvalue weighted by Gasteiger charge is -2.39. The van der Waals surface area contributed by atoms with Crippen LogP contribution in [-0.2, 0) is 17.7 Å². The fourth-order valence-electron chi connectivity index (χ4n) is 3.18. The number of hydrogen-bond donors (Lipinski definition) is 1. The molecular formula is C17H25N5O3. The molecule has 0 saturated carbocycles. The molecule has 0 radical (unpaired) electrons. The third-order valence-electron chi connectivity index (χ3n) is 4.94. The van der Waals surface area contributed by atoms with E-state index >= 15 is 0 Å². The van der Waals surface area contributed by atoms with Crippen LogP contribution in [0.5, 0.6) is 5.75 Å². The Balaban J connectivity index is 1.63. The summed E-state index contributed by atoms with van der Waals surface area (Å²) in [5, 5.41) is 21.7. The molecule has 0 spiro atoms. The number of hydrogen-bond acceptors (Lipinski definition) is 7. The molecule has 1 saturated heterocycles. The Hall–Kier alpha value is -2.19. The Morgan fingerprint density at radius 1 is 1.24 bits per heavy atom. The van der Waals surface area contributed by atoms with Gasteiger partial charge in [-0.3, -0.25) is 0 Å². The minimum absolute atomic E-state index is 0.0398. The second-order valence-corrected chi connectivity index (χ2v) is 6.34. The van der Waals surface area contributed by atoms with Gasteiger partial charge in [0.15, 0.2) is 0 Å². The first-order valence-electron chi connectivity index (χ1n) is 8.50. The van der Waals surface area contributed by atoms with E-state index in [0.29, 0.717) is 6.54 Å². The summed E-state index contributed by atoms with van der Waals surface area (Å²) in [6, 6.07) is 8.02. The molecule has 25 heavy (non-hydrogen) atoms. The standard InChI is InChI=1S/C17H25N5O3/c1-24-15-5-3-4-14(12-15)6-9-22-16(18-19-20-22)21-10-7-17(13-23,25-2)8-11-21/h3-5,12,23H,6-11,13H2,1-2H3. The first-order valence-corrected chi connectivity index (χ1v) is 8.50. The molecule has 0 bridgehead atoms. The number of aromatic nitrogens is 4. The fourth-order valence-corrected chi connectivity index (χ4v) is 3.18. The van der Waals surface area contributed by atoms with Crippen LogP contribution in [0.2, 0.25) is 0 Å². The van der Waals surface area contributed by atoms with E-state index in [1.54, 1.807) is 14.2 Å². The minimum Gasteiger partial charge on any atom is -0.497 e. The van der Waals surface area contributed by atoms with Gasteiger partial charge in [-0.25, -0.2) is 4.68 Å². The maximum atomic E-state index is 9.57. The van der Waals surface area contributed by atoms with Crippen LogP contribution in [0.1, 0.15) is 18.4 Å². The second-order valence-electron chi connectivity index (χ2n) is 6.34. The van der Waals surface area contributed by atoms with E-state index in [4.69, 9.17) is 9.47 Å². The van der Waals surface area contributed by atoms with Gasteiger partial charge in [0.1, 0.15) is 5.75 Å². The molecule has 1 fully saturated rings. The van der Waals surface area contributed by atoms with Crippen LogP contribution >= 0.6 is 0 Å². The number of aryl methyl sites for hydroxylation is 2. The number of tetrazole rings is 1. The Morgan fingerprint density at radius 3 is 2.72 bits per heavy atom. The van der Waals surface area contributed by atoms with Crippen molar-refractivity contribution >= 4 is 5.95 Å². The van der Waals surface area contributed by atoms with Crippen molar-refractivity contribution in [1.29, 1.82) is 0 Å². The van der Waals surface area contributed by atoms with E-state index in [-0.39, 0.29) is 6.61 Å². The van der Waals surface area contributed by atoms with Gasteiger partial charge in [0, 0.05) is 20.2 Å². The SMILES string of the molecule is COc1cccc(CCn2nnnc2N2CCC(CO)(OC)CC2)c1. The zero-order chi connectivity index (χ0) is 17.7. The number of benzene rings is 1. The molecule has 136 valence electrons. The average Bonchev–Trinajstić information content (AvgIpc) is 3.15. The molecular weight excluding hydrogens is 322 g/mol. The molecule has 0 atom stereocenters. The van der Waals surface area contributed by atoms with Crippen molar-refractivity contribution in [3.05, 3.63) is 29.8 Å². The van der Waals surface area contributed by atoms with Crippen LogP contribution < -0.4 is 9.64 Å². The van der Waals surface area contributed by atoms with Gasteiger partial charge < -0.3 is 19.5 Å². The zero-order valence-corrected chi connectivity index (χ0v) is 14.8. The Bertz CT molecular complexity index is 676. The van der Waals surface area contributed by atoms with Gasteiger partial charge in [0.05, 0.1) is 25.9 Å². The third-order valence-corrected chi connectivity index (χ3v) is 4.94. The van der Waals surface area contributed by atoms with Crippen molar-refractivity contribution in [2.45, 2.75) is 31.4 Å². The number of rotatable bonds is 7. The van der Waals surface area contributed by atoms with E-state index in [1.807, 2.05) is 22.9 Å². The van der Waals surface area contributed by atoms with Gasteiger partial charge in [-0.05, 0) is 47.4 Å². The van der Waals surface area contributed by atoms with E-state index in [0.717, 1.165) is 44.0 Å². The van der Waals surface area contributed by atoms with Gasteiger partial charge in [0.25, 0.3) is 0 Å². The molecule has 3 rings (SSSR count). The smallest absolute Gasteiger partial charge is 0.245 e. The highest BCUT2D eigenvalue weighted by atomic mass is 16.5. The monoisotopic (exact) mass is 347 g/mol. The van der Waals surface area contributed by atoms with Gasteiger partial charge in [-0.2, -0.15) is 0 Å². The molecule has 0 unspecified atom stereocenters. The molecule has 0 aliphatic carbocycles. The van der Waals surface area contributed by atoms with Crippen LogP contribution in [-0.4, -0.2) is 64.8 Å². The summed E-state index contributed by atoms with van der Waals surface area (Å²) in [4.78, 5) is 2.15. The molecule has 2 aromatic rings. The van der Waals surface area contributed by atoms with Crippen LogP contribution in [0.3, 0.4) is 0 Å². The summed E-state index contributed by atoms with van der Waals surface area (Å²) >= 11 is 0. The average molecular weight is 347 g/mol. The van der Waals surface area contributed by atoms with Crippen molar-refractivity contribution in [1.82, 2.24) is 20.2 Å². The molecule has 2 heterocycles. The number of aliphatic hydroxyl groups excluding tert-OH is 1. The molecule has 1 aromatic heterocycles. The lowest BCUT2D eigenvalue weighted by molar-refractivity contribution is -0.0674. The van der Waals surface area contributed by atoms with Gasteiger partial charge in [0.2, 0.25) is 5.95 Å². The number of anilines is 1. The summed E-state index contributed by atoms with van der Waals surface area (Å²) in [5.41, 5.74) is 0.744. The topological polar surface area (TPSA) is 85.5 Å². The Morgan fingerprint density at radius 2 is 2.04 bits per heavy atom. The zero-order valence-electron chi connectivity index (χ0n) is 14.8. The van der Waals surface area contributed by atoms with Crippen LogP contribution in [0.4, 0.5) is 5.95 Å². The summed E-state index contributed by atoms with van der Waals surface area (Å²) < 4.78 is 12.6. The van der Waals surface area contributed by atoms with Crippen LogP contribution in [0.15, 0.2) is 24.3 Å². The van der Waals surface area contributed by atoms with Crippen LogP contribution in [0, 0.1) is 0 Å². The molecule has 8 nitrogen and oxygen atoms in total. The molecule has 8 heteroatoms. The second kappa shape index (κ2) is 7.79. The third kappa shape index (κ3) is 3.91. The lowest BCUT2D eigenvalue weighted by Crippen LogP contribution is -2.48. The highest BCUT2D eigenvalue weighted by molar-refractivity contribution is 5.31. The predicted molar refractivity (Wildman–Crippen MR) is 92.8 cm³/mol. The number of piperidine rings is 1. The van der Waals surface area contributed by atoms with Crippen molar-refractivity contribution in [2.24, 2.45) is 0 Å². The van der Waals surface area contributed by atoms with Gasteiger partial charge in [-0.1, -0.05) is 17.2 Å². The predicted octanol–water partition coefficient (Wildman–Crippen LogP) is 0.902. The molecule has 1 aromatic carbocycles. The summed E-state index contributed by atoms with van der Waals surface area (Å²) in [6.07, 6.45) is 2.33. The molecule has 1 aliphatic heterocycles. The first kappa shape index (κ1) is 17.6. The van der Waals surface area contributed by atoms with Gasteiger partial charge >= 0.3 is 0 Å². The van der Waals surface area contributed by atoms with Gasteiger partial charge in [-0.15, -0.1) is 0 Å². The van der Waals surface area contributed by atoms with Crippen molar-refractivity contribution in [2.75, 3.05) is 38.8 Å². The number of aliphatic hydroxyl groups is 1. The summed E-state index contributed by atoms with van der Waals surface area (Å²) in [6.45, 7) is 2.25. The maximum absolute atomic E-state index is 9.57. The quantitative estimate of drug-likeness (QED) is 0.796. The summed E-state index contributed by atoms with van der Waals surface area (Å²) in [7, 11) is 3.32. The minimum atomic E-state index is -0.435.